The van der Waals surface area contributed by atoms with Gasteiger partial charge >= 0.3 is 0 Å². The van der Waals surface area contributed by atoms with Crippen molar-refractivity contribution in [1.29, 1.82) is 0 Å². The van der Waals surface area contributed by atoms with Gasteiger partial charge in [-0.05, 0) is 20.8 Å². The van der Waals surface area contributed by atoms with Gasteiger partial charge in [-0.3, -0.25) is 0 Å². The Morgan fingerprint density at radius 3 is 1.17 bits per heavy atom. The van der Waals surface area contributed by atoms with Crippen molar-refractivity contribution in [1.82, 2.24) is 0 Å². The van der Waals surface area contributed by atoms with E-state index in [4.69, 9.17) is 5.11 Å². The van der Waals surface area contributed by atoms with Crippen molar-refractivity contribution in [2.75, 3.05) is 0 Å². The summed E-state index contributed by atoms with van der Waals surface area (Å²) in [5, 5.41) is 8.52. The summed E-state index contributed by atoms with van der Waals surface area (Å²) < 4.78 is 0. The second-order valence-electron chi connectivity index (χ2n) is 2.17. The maximum absolute atomic E-state index is 8.52. The summed E-state index contributed by atoms with van der Waals surface area (Å²) in [5.41, 5.74) is -0.500. The first-order valence-corrected chi connectivity index (χ1v) is 1.72. The van der Waals surface area contributed by atoms with Crippen molar-refractivity contribution in [2.24, 2.45) is 0 Å². The van der Waals surface area contributed by atoms with E-state index < -0.39 is 5.60 Å². The molecular formula is C4H10CrO. The molecule has 2 heteroatoms. The van der Waals surface area contributed by atoms with Crippen LogP contribution >= 0.6 is 0 Å². The van der Waals surface area contributed by atoms with Gasteiger partial charge in [0.1, 0.15) is 0 Å². The zero-order valence-electron chi connectivity index (χ0n) is 4.36. The predicted molar refractivity (Wildman–Crippen MR) is 22.0 cm³/mol. The Bertz CT molecular complexity index is 23.0. The molecule has 0 aliphatic heterocycles. The molecule has 0 aromatic rings. The molecule has 38 valence electrons. The van der Waals surface area contributed by atoms with E-state index in [2.05, 4.69) is 0 Å². The second kappa shape index (κ2) is 2.63. The first-order chi connectivity index (χ1) is 2.00. The topological polar surface area (TPSA) is 20.2 Å². The zero-order chi connectivity index (χ0) is 4.50. The maximum Gasteiger partial charge on any atom is 0.0563 e. The molecule has 0 spiro atoms. The maximum atomic E-state index is 8.52. The van der Waals surface area contributed by atoms with Crippen LogP contribution in [0.3, 0.4) is 0 Å². The second-order valence-corrected chi connectivity index (χ2v) is 2.17. The van der Waals surface area contributed by atoms with Crippen LogP contribution in [0.25, 0.3) is 0 Å². The molecule has 0 fully saturated rings. The van der Waals surface area contributed by atoms with Crippen molar-refractivity contribution in [3.63, 3.8) is 0 Å². The molecule has 0 bridgehead atoms. The summed E-state index contributed by atoms with van der Waals surface area (Å²) in [6.07, 6.45) is 0. The molecule has 0 aliphatic rings. The molecule has 1 nitrogen and oxygen atoms in total. The third-order valence-corrected chi connectivity index (χ3v) is 0. The van der Waals surface area contributed by atoms with Crippen LogP contribution in [0.2, 0.25) is 0 Å². The van der Waals surface area contributed by atoms with Crippen LogP contribution in [0, 0.1) is 0 Å². The minimum absolute atomic E-state index is 0. The van der Waals surface area contributed by atoms with Gasteiger partial charge in [0.25, 0.3) is 0 Å². The Labute approximate surface area is 49.5 Å². The van der Waals surface area contributed by atoms with Crippen LogP contribution < -0.4 is 0 Å². The quantitative estimate of drug-likeness (QED) is 0.508. The van der Waals surface area contributed by atoms with E-state index in [1.807, 2.05) is 0 Å². The number of rotatable bonds is 0. The third kappa shape index (κ3) is 226. The molecule has 0 aromatic carbocycles. The van der Waals surface area contributed by atoms with Crippen molar-refractivity contribution in [3.8, 4) is 0 Å². The number of hydrogen-bond acceptors (Lipinski definition) is 1. The molecule has 0 rings (SSSR count). The van der Waals surface area contributed by atoms with Crippen molar-refractivity contribution in [2.45, 2.75) is 26.4 Å². The van der Waals surface area contributed by atoms with Crippen LogP contribution in [-0.4, -0.2) is 10.7 Å². The molecule has 0 heterocycles. The molecule has 0 aromatic heterocycles. The Balaban J connectivity index is 0. The Morgan fingerprint density at radius 1 is 1.17 bits per heavy atom. The molecule has 0 aliphatic carbocycles. The molecule has 6 heavy (non-hydrogen) atoms. The minimum atomic E-state index is -0.500. The Kier molecular flexibility index (Phi) is 4.25. The molecular weight excluding hydrogens is 116 g/mol. The van der Waals surface area contributed by atoms with E-state index in [0.717, 1.165) is 0 Å². The van der Waals surface area contributed by atoms with Crippen molar-refractivity contribution < 1.29 is 22.5 Å². The van der Waals surface area contributed by atoms with Gasteiger partial charge < -0.3 is 5.11 Å². The molecule has 0 unspecified atom stereocenters. The molecule has 0 radical (unpaired) electrons. The summed E-state index contributed by atoms with van der Waals surface area (Å²) in [6, 6.07) is 0. The van der Waals surface area contributed by atoms with Crippen LogP contribution in [0.5, 0.6) is 0 Å². The van der Waals surface area contributed by atoms with Gasteiger partial charge in [-0.25, -0.2) is 0 Å². The average molecular weight is 126 g/mol. The van der Waals surface area contributed by atoms with Crippen LogP contribution in [0.1, 0.15) is 20.8 Å². The SMILES string of the molecule is CC(C)(C)O.[Cr]. The van der Waals surface area contributed by atoms with E-state index in [0.29, 0.717) is 0 Å². The summed E-state index contributed by atoms with van der Waals surface area (Å²) in [4.78, 5) is 0. The first-order valence-electron chi connectivity index (χ1n) is 1.72. The van der Waals surface area contributed by atoms with E-state index in [1.54, 1.807) is 20.8 Å². The van der Waals surface area contributed by atoms with E-state index in [1.165, 1.54) is 0 Å². The largest absolute Gasteiger partial charge is 0.391 e. The van der Waals surface area contributed by atoms with E-state index in [-0.39, 0.29) is 17.4 Å². The van der Waals surface area contributed by atoms with Crippen LogP contribution in [-0.2, 0) is 17.4 Å². The van der Waals surface area contributed by atoms with Gasteiger partial charge in [0.05, 0.1) is 5.60 Å². The summed E-state index contributed by atoms with van der Waals surface area (Å²) >= 11 is 0. The number of aliphatic hydroxyl groups is 1. The zero-order valence-corrected chi connectivity index (χ0v) is 5.63. The van der Waals surface area contributed by atoms with E-state index >= 15 is 0 Å². The van der Waals surface area contributed by atoms with Crippen molar-refractivity contribution in [3.05, 3.63) is 0 Å². The van der Waals surface area contributed by atoms with E-state index in [9.17, 15) is 0 Å². The molecule has 0 saturated heterocycles. The van der Waals surface area contributed by atoms with Crippen LogP contribution in [0.4, 0.5) is 0 Å². The van der Waals surface area contributed by atoms with Gasteiger partial charge in [0.15, 0.2) is 0 Å². The van der Waals surface area contributed by atoms with Gasteiger partial charge in [-0.2, -0.15) is 0 Å². The van der Waals surface area contributed by atoms with Gasteiger partial charge in [0.2, 0.25) is 0 Å². The summed E-state index contributed by atoms with van der Waals surface area (Å²) in [7, 11) is 0. The predicted octanol–water partition coefficient (Wildman–Crippen LogP) is 0.775. The fourth-order valence-corrected chi connectivity index (χ4v) is 0. The Morgan fingerprint density at radius 2 is 1.17 bits per heavy atom. The first kappa shape index (κ1) is 9.70. The molecule has 0 saturated carbocycles. The monoisotopic (exact) mass is 126 g/mol. The number of hydrogen-bond donors (Lipinski definition) is 1. The summed E-state index contributed by atoms with van der Waals surface area (Å²) in [5.74, 6) is 0. The van der Waals surface area contributed by atoms with Gasteiger partial charge in [-0.15, -0.1) is 0 Å². The average Bonchev–Trinajstić information content (AvgIpc) is 0.722. The fraction of sp³-hybridized carbons (Fsp3) is 1.00. The standard InChI is InChI=1S/C4H10O.Cr/c1-4(2,3)5;/h5H,1-3H3;. The molecule has 0 amide bonds. The Hall–Kier alpha value is 0.492. The molecule has 1 N–H and O–H groups in total. The van der Waals surface area contributed by atoms with Crippen molar-refractivity contribution >= 4 is 0 Å². The minimum Gasteiger partial charge on any atom is -0.391 e. The molecule has 0 atom stereocenters. The fourth-order valence-electron chi connectivity index (χ4n) is 0. The van der Waals surface area contributed by atoms with Gasteiger partial charge in [-0.1, -0.05) is 0 Å². The normalized spacial score (nSPS) is 10.0. The smallest absolute Gasteiger partial charge is 0.0563 e. The summed E-state index contributed by atoms with van der Waals surface area (Å²) in [6.45, 7) is 5.23. The third-order valence-electron chi connectivity index (χ3n) is 0. The van der Waals surface area contributed by atoms with Crippen LogP contribution in [0.15, 0.2) is 0 Å². The van der Waals surface area contributed by atoms with Gasteiger partial charge in [0, 0.05) is 17.4 Å².